The van der Waals surface area contributed by atoms with Crippen LogP contribution in [0, 0.1) is 6.92 Å². The zero-order chi connectivity index (χ0) is 20.6. The fraction of sp³-hybridized carbons (Fsp3) is 0.167. The number of hydrogen-bond acceptors (Lipinski definition) is 3. The summed E-state index contributed by atoms with van der Waals surface area (Å²) in [6, 6.07) is 21.5. The van der Waals surface area contributed by atoms with Gasteiger partial charge in [-0.1, -0.05) is 31.2 Å². The summed E-state index contributed by atoms with van der Waals surface area (Å²) in [6.07, 6.45) is 0.906. The highest BCUT2D eigenvalue weighted by Crippen LogP contribution is 2.18. The molecule has 0 spiro atoms. The molecule has 5 nitrogen and oxygen atoms in total. The summed E-state index contributed by atoms with van der Waals surface area (Å²) < 4.78 is 5.57. The third-order valence-electron chi connectivity index (χ3n) is 4.36. The Balaban J connectivity index is 1.62. The van der Waals surface area contributed by atoms with Gasteiger partial charge < -0.3 is 15.4 Å². The van der Waals surface area contributed by atoms with Gasteiger partial charge in [0, 0.05) is 22.5 Å². The average Bonchev–Trinajstić information content (AvgIpc) is 2.74. The van der Waals surface area contributed by atoms with Crippen molar-refractivity contribution in [2.75, 3.05) is 17.2 Å². The fourth-order valence-corrected chi connectivity index (χ4v) is 2.81. The van der Waals surface area contributed by atoms with Crippen LogP contribution in [-0.2, 0) is 0 Å². The van der Waals surface area contributed by atoms with Crippen molar-refractivity contribution in [3.63, 3.8) is 0 Å². The lowest BCUT2D eigenvalue weighted by molar-refractivity contribution is 0.101. The number of benzene rings is 3. The molecule has 0 aliphatic heterocycles. The second-order valence-corrected chi connectivity index (χ2v) is 6.68. The summed E-state index contributed by atoms with van der Waals surface area (Å²) in [5.74, 6) is 0.293. The van der Waals surface area contributed by atoms with Gasteiger partial charge in [-0.25, -0.2) is 0 Å². The molecule has 0 unspecified atom stereocenters. The second-order valence-electron chi connectivity index (χ2n) is 6.68. The highest BCUT2D eigenvalue weighted by molar-refractivity contribution is 6.06. The zero-order valence-electron chi connectivity index (χ0n) is 16.6. The average molecular weight is 388 g/mol. The number of amides is 2. The normalized spacial score (nSPS) is 10.3. The number of carbonyl (C=O) groups excluding carboxylic acids is 2. The highest BCUT2D eigenvalue weighted by Gasteiger charge is 2.10. The molecule has 3 rings (SSSR count). The Labute approximate surface area is 170 Å². The summed E-state index contributed by atoms with van der Waals surface area (Å²) in [7, 11) is 0. The minimum Gasteiger partial charge on any atom is -0.494 e. The van der Waals surface area contributed by atoms with Crippen molar-refractivity contribution in [3.8, 4) is 5.75 Å². The Morgan fingerprint density at radius 3 is 2.14 bits per heavy atom. The summed E-state index contributed by atoms with van der Waals surface area (Å²) in [4.78, 5) is 24.9. The molecular formula is C24H24N2O3. The fourth-order valence-electron chi connectivity index (χ4n) is 2.81. The molecular weight excluding hydrogens is 364 g/mol. The van der Waals surface area contributed by atoms with Crippen LogP contribution in [0.25, 0.3) is 0 Å². The van der Waals surface area contributed by atoms with Crippen LogP contribution in [0.4, 0.5) is 11.4 Å². The van der Waals surface area contributed by atoms with Crippen molar-refractivity contribution in [2.45, 2.75) is 20.3 Å². The molecule has 0 radical (unpaired) electrons. The van der Waals surface area contributed by atoms with Gasteiger partial charge in [0.2, 0.25) is 0 Å². The van der Waals surface area contributed by atoms with E-state index in [9.17, 15) is 9.59 Å². The van der Waals surface area contributed by atoms with Crippen LogP contribution >= 0.6 is 0 Å². The van der Waals surface area contributed by atoms with E-state index in [1.807, 2.05) is 38.1 Å². The van der Waals surface area contributed by atoms with Crippen LogP contribution in [0.5, 0.6) is 5.75 Å². The zero-order valence-corrected chi connectivity index (χ0v) is 16.6. The maximum Gasteiger partial charge on any atom is 0.255 e. The summed E-state index contributed by atoms with van der Waals surface area (Å²) in [6.45, 7) is 4.54. The summed E-state index contributed by atoms with van der Waals surface area (Å²) >= 11 is 0. The first kappa shape index (κ1) is 20.1. The van der Waals surface area contributed by atoms with E-state index in [-0.39, 0.29) is 11.8 Å². The van der Waals surface area contributed by atoms with Crippen molar-refractivity contribution in [1.29, 1.82) is 0 Å². The summed E-state index contributed by atoms with van der Waals surface area (Å²) in [5.41, 5.74) is 3.37. The maximum atomic E-state index is 12.5. The van der Waals surface area contributed by atoms with Crippen LogP contribution < -0.4 is 15.4 Å². The number of anilines is 2. The maximum absolute atomic E-state index is 12.5. The second kappa shape index (κ2) is 9.55. The van der Waals surface area contributed by atoms with E-state index < -0.39 is 0 Å². The van der Waals surface area contributed by atoms with E-state index in [2.05, 4.69) is 10.6 Å². The Hall–Kier alpha value is -3.60. The van der Waals surface area contributed by atoms with E-state index in [0.717, 1.165) is 12.0 Å². The van der Waals surface area contributed by atoms with Crippen molar-refractivity contribution in [2.24, 2.45) is 0 Å². The lowest BCUT2D eigenvalue weighted by atomic mass is 10.1. The first-order valence-electron chi connectivity index (χ1n) is 9.58. The third-order valence-corrected chi connectivity index (χ3v) is 4.36. The van der Waals surface area contributed by atoms with E-state index in [0.29, 0.717) is 34.9 Å². The van der Waals surface area contributed by atoms with Gasteiger partial charge in [0.05, 0.1) is 6.61 Å². The number of hydrogen-bond donors (Lipinski definition) is 2. The molecule has 5 heteroatoms. The van der Waals surface area contributed by atoms with Gasteiger partial charge in [-0.2, -0.15) is 0 Å². The lowest BCUT2D eigenvalue weighted by Crippen LogP contribution is -2.14. The van der Waals surface area contributed by atoms with E-state index in [1.54, 1.807) is 48.5 Å². The van der Waals surface area contributed by atoms with Gasteiger partial charge >= 0.3 is 0 Å². The van der Waals surface area contributed by atoms with Gasteiger partial charge in [-0.05, 0) is 67.4 Å². The van der Waals surface area contributed by atoms with E-state index in [1.165, 1.54) is 0 Å². The van der Waals surface area contributed by atoms with Gasteiger partial charge in [0.15, 0.2) is 0 Å². The minimum atomic E-state index is -0.219. The van der Waals surface area contributed by atoms with Gasteiger partial charge in [0.25, 0.3) is 11.8 Å². The molecule has 3 aromatic carbocycles. The first-order valence-corrected chi connectivity index (χ1v) is 9.58. The highest BCUT2D eigenvalue weighted by atomic mass is 16.5. The number of carbonyl (C=O) groups is 2. The van der Waals surface area contributed by atoms with E-state index in [4.69, 9.17) is 4.74 Å². The van der Waals surface area contributed by atoms with Gasteiger partial charge in [-0.15, -0.1) is 0 Å². The molecule has 0 aliphatic carbocycles. The molecule has 148 valence electrons. The van der Waals surface area contributed by atoms with Crippen LogP contribution in [0.2, 0.25) is 0 Å². The van der Waals surface area contributed by atoms with Gasteiger partial charge in [0.1, 0.15) is 5.75 Å². The van der Waals surface area contributed by atoms with E-state index >= 15 is 0 Å². The predicted molar refractivity (Wildman–Crippen MR) is 116 cm³/mol. The molecule has 0 saturated heterocycles. The molecule has 2 N–H and O–H groups in total. The Kier molecular flexibility index (Phi) is 6.63. The third kappa shape index (κ3) is 5.45. The number of aryl methyl sites for hydroxylation is 1. The molecule has 29 heavy (non-hydrogen) atoms. The van der Waals surface area contributed by atoms with Crippen molar-refractivity contribution < 1.29 is 14.3 Å². The predicted octanol–water partition coefficient (Wildman–Crippen LogP) is 5.29. The van der Waals surface area contributed by atoms with Crippen molar-refractivity contribution >= 4 is 23.2 Å². The smallest absolute Gasteiger partial charge is 0.255 e. The standard InChI is InChI=1S/C24H24N2O3/c1-3-15-29-21-9-6-8-18(16-21)23(27)25-19-11-13-20(14-12-19)26-24(28)22-10-5-4-7-17(22)2/h4-14,16H,3,15H2,1-2H3,(H,25,27)(H,26,28). The van der Waals surface area contributed by atoms with Crippen LogP contribution in [0.3, 0.4) is 0 Å². The topological polar surface area (TPSA) is 67.4 Å². The lowest BCUT2D eigenvalue weighted by Gasteiger charge is -2.10. The molecule has 0 fully saturated rings. The van der Waals surface area contributed by atoms with Crippen molar-refractivity contribution in [1.82, 2.24) is 0 Å². The quantitative estimate of drug-likeness (QED) is 0.578. The van der Waals surface area contributed by atoms with Crippen LogP contribution in [0.1, 0.15) is 39.6 Å². The summed E-state index contributed by atoms with van der Waals surface area (Å²) in [5, 5.41) is 5.73. The number of rotatable bonds is 7. The molecule has 0 aliphatic rings. The van der Waals surface area contributed by atoms with Crippen LogP contribution in [-0.4, -0.2) is 18.4 Å². The molecule has 0 aromatic heterocycles. The van der Waals surface area contributed by atoms with Gasteiger partial charge in [-0.3, -0.25) is 9.59 Å². The molecule has 0 bridgehead atoms. The Morgan fingerprint density at radius 1 is 0.828 bits per heavy atom. The Morgan fingerprint density at radius 2 is 1.48 bits per heavy atom. The SMILES string of the molecule is CCCOc1cccc(C(=O)Nc2ccc(NC(=O)c3ccccc3C)cc2)c1. The molecule has 2 amide bonds. The van der Waals surface area contributed by atoms with Crippen molar-refractivity contribution in [3.05, 3.63) is 89.5 Å². The Bertz CT molecular complexity index is 997. The minimum absolute atomic E-state index is 0.163. The first-order chi connectivity index (χ1) is 14.1. The number of nitrogens with one attached hydrogen (secondary N) is 2. The van der Waals surface area contributed by atoms with Crippen LogP contribution in [0.15, 0.2) is 72.8 Å². The molecule has 0 saturated carbocycles. The molecule has 3 aromatic rings. The monoisotopic (exact) mass is 388 g/mol. The number of ether oxygens (including phenoxy) is 1. The largest absolute Gasteiger partial charge is 0.494 e. The molecule has 0 atom stereocenters. The molecule has 0 heterocycles.